The van der Waals surface area contributed by atoms with Crippen molar-refractivity contribution >= 4 is 11.8 Å². The largest absolute Gasteiger partial charge is 0.353 e. The minimum Gasteiger partial charge on any atom is -0.353 e. The van der Waals surface area contributed by atoms with Crippen molar-refractivity contribution in [2.75, 3.05) is 0 Å². The molecule has 2 aliphatic rings. The van der Waals surface area contributed by atoms with Gasteiger partial charge in [0.05, 0.1) is 0 Å². The SMILES string of the molecule is CC(CC(=O)NC1CC1C)NC(=O)C1CCCC1. The van der Waals surface area contributed by atoms with Gasteiger partial charge in [-0.05, 0) is 32.1 Å². The van der Waals surface area contributed by atoms with Gasteiger partial charge in [0.2, 0.25) is 11.8 Å². The van der Waals surface area contributed by atoms with Crippen LogP contribution < -0.4 is 10.6 Å². The van der Waals surface area contributed by atoms with E-state index >= 15 is 0 Å². The summed E-state index contributed by atoms with van der Waals surface area (Å²) in [5.41, 5.74) is 0. The first-order valence-electron chi connectivity index (χ1n) is 7.16. The summed E-state index contributed by atoms with van der Waals surface area (Å²) < 4.78 is 0. The molecule has 2 amide bonds. The second kappa shape index (κ2) is 5.72. The normalized spacial score (nSPS) is 28.8. The maximum Gasteiger partial charge on any atom is 0.223 e. The average molecular weight is 252 g/mol. The van der Waals surface area contributed by atoms with Gasteiger partial charge in [-0.3, -0.25) is 9.59 Å². The fraction of sp³-hybridized carbons (Fsp3) is 0.857. The first kappa shape index (κ1) is 13.4. The van der Waals surface area contributed by atoms with Crippen LogP contribution in [-0.4, -0.2) is 23.9 Å². The van der Waals surface area contributed by atoms with Gasteiger partial charge in [0, 0.05) is 24.4 Å². The summed E-state index contributed by atoms with van der Waals surface area (Å²) in [5, 5.41) is 5.94. The molecule has 18 heavy (non-hydrogen) atoms. The summed E-state index contributed by atoms with van der Waals surface area (Å²) in [6.07, 6.45) is 5.81. The predicted molar refractivity (Wildman–Crippen MR) is 69.9 cm³/mol. The number of amides is 2. The van der Waals surface area contributed by atoms with Crippen LogP contribution >= 0.6 is 0 Å². The number of hydrogen-bond acceptors (Lipinski definition) is 2. The van der Waals surface area contributed by atoms with Crippen molar-refractivity contribution < 1.29 is 9.59 Å². The number of carbonyl (C=O) groups is 2. The molecule has 0 aromatic heterocycles. The third-order valence-electron chi connectivity index (χ3n) is 4.06. The van der Waals surface area contributed by atoms with Gasteiger partial charge in [-0.25, -0.2) is 0 Å². The Labute approximate surface area is 109 Å². The number of carbonyl (C=O) groups excluding carboxylic acids is 2. The molecule has 0 aliphatic heterocycles. The molecule has 4 nitrogen and oxygen atoms in total. The molecule has 0 heterocycles. The van der Waals surface area contributed by atoms with E-state index in [0.29, 0.717) is 18.4 Å². The van der Waals surface area contributed by atoms with Gasteiger partial charge in [-0.15, -0.1) is 0 Å². The summed E-state index contributed by atoms with van der Waals surface area (Å²) in [7, 11) is 0. The third-order valence-corrected chi connectivity index (χ3v) is 4.06. The van der Waals surface area contributed by atoms with E-state index in [-0.39, 0.29) is 23.8 Å². The van der Waals surface area contributed by atoms with Crippen molar-refractivity contribution in [3.05, 3.63) is 0 Å². The van der Waals surface area contributed by atoms with Crippen molar-refractivity contribution in [1.29, 1.82) is 0 Å². The fourth-order valence-corrected chi connectivity index (χ4v) is 2.67. The van der Waals surface area contributed by atoms with Gasteiger partial charge in [-0.2, -0.15) is 0 Å². The van der Waals surface area contributed by atoms with Crippen molar-refractivity contribution in [2.45, 2.75) is 64.5 Å². The zero-order chi connectivity index (χ0) is 13.1. The zero-order valence-corrected chi connectivity index (χ0v) is 11.4. The van der Waals surface area contributed by atoms with Crippen LogP contribution in [0.15, 0.2) is 0 Å². The second-order valence-corrected chi connectivity index (χ2v) is 5.98. The monoisotopic (exact) mass is 252 g/mol. The molecule has 2 saturated carbocycles. The number of rotatable bonds is 5. The molecule has 3 atom stereocenters. The quantitative estimate of drug-likeness (QED) is 0.780. The number of hydrogen-bond donors (Lipinski definition) is 2. The van der Waals surface area contributed by atoms with Crippen LogP contribution in [0.4, 0.5) is 0 Å². The highest BCUT2D eigenvalue weighted by molar-refractivity contribution is 5.81. The van der Waals surface area contributed by atoms with Crippen LogP contribution in [0, 0.1) is 11.8 Å². The topological polar surface area (TPSA) is 58.2 Å². The van der Waals surface area contributed by atoms with Crippen LogP contribution in [0.2, 0.25) is 0 Å². The fourth-order valence-electron chi connectivity index (χ4n) is 2.67. The van der Waals surface area contributed by atoms with Crippen molar-refractivity contribution in [2.24, 2.45) is 11.8 Å². The van der Waals surface area contributed by atoms with Gasteiger partial charge in [0.15, 0.2) is 0 Å². The van der Waals surface area contributed by atoms with E-state index < -0.39 is 0 Å². The average Bonchev–Trinajstić information content (AvgIpc) is 2.83. The lowest BCUT2D eigenvalue weighted by Gasteiger charge is -2.16. The second-order valence-electron chi connectivity index (χ2n) is 5.98. The van der Waals surface area contributed by atoms with Crippen LogP contribution in [0.3, 0.4) is 0 Å². The van der Waals surface area contributed by atoms with E-state index in [1.54, 1.807) is 0 Å². The first-order valence-corrected chi connectivity index (χ1v) is 7.16. The Hall–Kier alpha value is -1.06. The molecule has 4 heteroatoms. The lowest BCUT2D eigenvalue weighted by atomic mass is 10.1. The summed E-state index contributed by atoms with van der Waals surface area (Å²) in [6, 6.07) is 0.308. The lowest BCUT2D eigenvalue weighted by Crippen LogP contribution is -2.40. The summed E-state index contributed by atoms with van der Waals surface area (Å²) in [5.74, 6) is 0.993. The van der Waals surface area contributed by atoms with E-state index in [1.807, 2.05) is 6.92 Å². The van der Waals surface area contributed by atoms with E-state index in [0.717, 1.165) is 32.1 Å². The van der Waals surface area contributed by atoms with Crippen LogP contribution in [0.25, 0.3) is 0 Å². The molecule has 0 spiro atoms. The highest BCUT2D eigenvalue weighted by Crippen LogP contribution is 2.29. The molecule has 0 bridgehead atoms. The molecule has 2 rings (SSSR count). The van der Waals surface area contributed by atoms with Gasteiger partial charge in [0.1, 0.15) is 0 Å². The van der Waals surface area contributed by atoms with Gasteiger partial charge in [-0.1, -0.05) is 19.8 Å². The minimum atomic E-state index is -0.0628. The molecule has 2 fully saturated rings. The van der Waals surface area contributed by atoms with E-state index in [4.69, 9.17) is 0 Å². The molecular weight excluding hydrogens is 228 g/mol. The Morgan fingerprint density at radius 1 is 1.28 bits per heavy atom. The van der Waals surface area contributed by atoms with E-state index in [9.17, 15) is 9.59 Å². The highest BCUT2D eigenvalue weighted by atomic mass is 16.2. The molecule has 102 valence electrons. The lowest BCUT2D eigenvalue weighted by molar-refractivity contribution is -0.126. The highest BCUT2D eigenvalue weighted by Gasteiger charge is 2.34. The van der Waals surface area contributed by atoms with Crippen molar-refractivity contribution in [1.82, 2.24) is 10.6 Å². The Morgan fingerprint density at radius 2 is 1.89 bits per heavy atom. The van der Waals surface area contributed by atoms with E-state index in [2.05, 4.69) is 17.6 Å². The Morgan fingerprint density at radius 3 is 2.44 bits per heavy atom. The van der Waals surface area contributed by atoms with Crippen molar-refractivity contribution in [3.8, 4) is 0 Å². The summed E-state index contributed by atoms with van der Waals surface area (Å²) in [6.45, 7) is 4.04. The standard InChI is InChI=1S/C14H24N2O2/c1-9-7-12(9)16-13(17)8-10(2)15-14(18)11-5-3-4-6-11/h9-12H,3-8H2,1-2H3,(H,15,18)(H,16,17). The van der Waals surface area contributed by atoms with Gasteiger partial charge >= 0.3 is 0 Å². The van der Waals surface area contributed by atoms with Crippen LogP contribution in [0.5, 0.6) is 0 Å². The molecule has 0 saturated heterocycles. The molecule has 0 aromatic rings. The number of nitrogens with one attached hydrogen (secondary N) is 2. The Kier molecular flexibility index (Phi) is 4.25. The molecule has 3 unspecified atom stereocenters. The summed E-state index contributed by atoms with van der Waals surface area (Å²) in [4.78, 5) is 23.6. The maximum atomic E-state index is 11.9. The zero-order valence-electron chi connectivity index (χ0n) is 11.4. The van der Waals surface area contributed by atoms with Crippen LogP contribution in [-0.2, 0) is 9.59 Å². The Balaban J connectivity index is 1.65. The summed E-state index contributed by atoms with van der Waals surface area (Å²) >= 11 is 0. The Bertz CT molecular complexity index is 324. The van der Waals surface area contributed by atoms with Gasteiger partial charge < -0.3 is 10.6 Å². The smallest absolute Gasteiger partial charge is 0.223 e. The van der Waals surface area contributed by atoms with Crippen LogP contribution in [0.1, 0.15) is 52.4 Å². The van der Waals surface area contributed by atoms with Gasteiger partial charge in [0.25, 0.3) is 0 Å². The molecule has 2 N–H and O–H groups in total. The van der Waals surface area contributed by atoms with E-state index in [1.165, 1.54) is 0 Å². The molecule has 0 radical (unpaired) electrons. The minimum absolute atomic E-state index is 0.0589. The molecular formula is C14H24N2O2. The first-order chi connectivity index (χ1) is 8.56. The molecule has 0 aromatic carbocycles. The van der Waals surface area contributed by atoms with Crippen molar-refractivity contribution in [3.63, 3.8) is 0 Å². The predicted octanol–water partition coefficient (Wildman–Crippen LogP) is 1.60. The molecule has 2 aliphatic carbocycles. The maximum absolute atomic E-state index is 11.9. The third kappa shape index (κ3) is 3.72.